The Morgan fingerprint density at radius 2 is 1.46 bits per heavy atom. The highest BCUT2D eigenvalue weighted by Gasteiger charge is 2.29. The second kappa shape index (κ2) is 10.0. The fraction of sp³-hybridized carbons (Fsp3) is 0.483. The summed E-state index contributed by atoms with van der Waals surface area (Å²) in [5.74, 6) is 0.338. The van der Waals surface area contributed by atoms with Crippen molar-refractivity contribution in [2.45, 2.75) is 77.5 Å². The van der Waals surface area contributed by atoms with E-state index in [1.165, 1.54) is 18.9 Å². The molecule has 2 fully saturated rings. The van der Waals surface area contributed by atoms with Crippen molar-refractivity contribution in [3.63, 3.8) is 0 Å². The van der Waals surface area contributed by atoms with Crippen LogP contribution in [-0.2, 0) is 13.1 Å². The van der Waals surface area contributed by atoms with Crippen molar-refractivity contribution in [1.82, 2.24) is 9.80 Å². The van der Waals surface area contributed by atoms with Gasteiger partial charge in [-0.05, 0) is 52.6 Å². The van der Waals surface area contributed by atoms with E-state index in [1.807, 2.05) is 30.3 Å². The van der Waals surface area contributed by atoms with Crippen molar-refractivity contribution in [2.75, 3.05) is 13.1 Å². The minimum Gasteiger partial charge on any atom is -0.507 e. The fourth-order valence-corrected chi connectivity index (χ4v) is 5.72. The molecule has 35 heavy (non-hydrogen) atoms. The van der Waals surface area contributed by atoms with Crippen LogP contribution >= 0.6 is 0 Å². The number of aromatic hydroxyl groups is 2. The van der Waals surface area contributed by atoms with E-state index < -0.39 is 0 Å². The highest BCUT2D eigenvalue weighted by atomic mass is 16.3. The normalized spacial score (nSPS) is 22.0. The van der Waals surface area contributed by atoms with Crippen LogP contribution in [0.15, 0.2) is 45.6 Å². The highest BCUT2D eigenvalue weighted by molar-refractivity contribution is 5.91. The number of rotatable bonds is 5. The van der Waals surface area contributed by atoms with Gasteiger partial charge in [-0.2, -0.15) is 0 Å². The summed E-state index contributed by atoms with van der Waals surface area (Å²) in [5, 5.41) is 23.1. The van der Waals surface area contributed by atoms with Crippen LogP contribution in [0.2, 0.25) is 0 Å². The number of phenols is 2. The molecular weight excluding hydrogens is 440 g/mol. The number of phenolic OH excluding ortho intramolecular Hbond substituents is 2. The lowest BCUT2D eigenvalue weighted by Crippen LogP contribution is -2.37. The molecule has 3 heterocycles. The zero-order chi connectivity index (χ0) is 24.5. The third-order valence-electron chi connectivity index (χ3n) is 7.98. The van der Waals surface area contributed by atoms with Gasteiger partial charge in [-0.3, -0.25) is 14.6 Å². The molecule has 5 rings (SSSR count). The highest BCUT2D eigenvalue weighted by Crippen LogP contribution is 2.42. The molecule has 0 spiro atoms. The number of hydrogen-bond acceptors (Lipinski definition) is 6. The van der Waals surface area contributed by atoms with E-state index in [9.17, 15) is 15.0 Å². The molecule has 0 amide bonds. The molecule has 2 N–H and O–H groups in total. The maximum Gasteiger partial charge on any atom is 0.197 e. The minimum atomic E-state index is -0.288. The Hall–Kier alpha value is -2.83. The van der Waals surface area contributed by atoms with Gasteiger partial charge in [0.2, 0.25) is 0 Å². The van der Waals surface area contributed by atoms with Gasteiger partial charge >= 0.3 is 0 Å². The van der Waals surface area contributed by atoms with Gasteiger partial charge in [0.25, 0.3) is 0 Å². The predicted molar refractivity (Wildman–Crippen MR) is 139 cm³/mol. The molecule has 186 valence electrons. The topological polar surface area (TPSA) is 77.2 Å². The summed E-state index contributed by atoms with van der Waals surface area (Å²) in [6.07, 6.45) is 6.80. The summed E-state index contributed by atoms with van der Waals surface area (Å²) in [7, 11) is 0. The first-order chi connectivity index (χ1) is 16.9. The maximum atomic E-state index is 13.4. The second-order valence-electron chi connectivity index (χ2n) is 10.3. The van der Waals surface area contributed by atoms with Gasteiger partial charge in [-0.1, -0.05) is 43.2 Å². The predicted octanol–water partition coefficient (Wildman–Crippen LogP) is 5.62. The molecule has 0 unspecified atom stereocenters. The molecule has 6 heteroatoms. The van der Waals surface area contributed by atoms with Crippen LogP contribution in [0.5, 0.6) is 11.5 Å². The number of benzene rings is 2. The Balaban J connectivity index is 1.68. The zero-order valence-corrected chi connectivity index (χ0v) is 20.8. The lowest BCUT2D eigenvalue weighted by atomic mass is 9.96. The second-order valence-corrected chi connectivity index (χ2v) is 10.3. The van der Waals surface area contributed by atoms with Gasteiger partial charge in [0, 0.05) is 36.8 Å². The van der Waals surface area contributed by atoms with E-state index in [0.29, 0.717) is 47.6 Å². The molecular formula is C29H36N2O4. The van der Waals surface area contributed by atoms with E-state index >= 15 is 0 Å². The number of piperidine rings is 2. The van der Waals surface area contributed by atoms with E-state index in [1.54, 1.807) is 0 Å². The van der Waals surface area contributed by atoms with E-state index in [4.69, 9.17) is 4.42 Å². The lowest BCUT2D eigenvalue weighted by molar-refractivity contribution is 0.146. The largest absolute Gasteiger partial charge is 0.507 e. The molecule has 2 aliphatic heterocycles. The van der Waals surface area contributed by atoms with Crippen molar-refractivity contribution in [3.8, 4) is 22.8 Å². The van der Waals surface area contributed by atoms with Crippen molar-refractivity contribution < 1.29 is 14.6 Å². The minimum absolute atomic E-state index is 0.0545. The first-order valence-corrected chi connectivity index (χ1v) is 13.0. The summed E-state index contributed by atoms with van der Waals surface area (Å²) >= 11 is 0. The smallest absolute Gasteiger partial charge is 0.197 e. The van der Waals surface area contributed by atoms with Gasteiger partial charge in [-0.15, -0.1) is 0 Å². The Morgan fingerprint density at radius 1 is 0.857 bits per heavy atom. The van der Waals surface area contributed by atoms with Crippen LogP contribution in [0.1, 0.15) is 63.5 Å². The van der Waals surface area contributed by atoms with Crippen molar-refractivity contribution >= 4 is 11.0 Å². The molecule has 0 aliphatic carbocycles. The van der Waals surface area contributed by atoms with Crippen LogP contribution in [0.25, 0.3) is 22.3 Å². The van der Waals surface area contributed by atoms with Gasteiger partial charge < -0.3 is 14.6 Å². The summed E-state index contributed by atoms with van der Waals surface area (Å²) in [5.41, 5.74) is 1.82. The molecule has 2 atom stereocenters. The van der Waals surface area contributed by atoms with E-state index in [-0.39, 0.29) is 22.3 Å². The summed E-state index contributed by atoms with van der Waals surface area (Å²) in [4.78, 5) is 18.0. The zero-order valence-electron chi connectivity index (χ0n) is 20.8. The van der Waals surface area contributed by atoms with Crippen LogP contribution < -0.4 is 5.43 Å². The van der Waals surface area contributed by atoms with Gasteiger partial charge in [0.05, 0.1) is 11.1 Å². The maximum absolute atomic E-state index is 13.4. The van der Waals surface area contributed by atoms with Gasteiger partial charge in [-0.25, -0.2) is 0 Å². The van der Waals surface area contributed by atoms with Crippen molar-refractivity contribution in [2.24, 2.45) is 0 Å². The SMILES string of the molecule is C[C@@H]1CCCCN1Cc1c(O)c(CN2CCCC[C@H]2C)c2oc(-c3ccccc3)cc(=O)c2c1O. The molecule has 0 bridgehead atoms. The standard InChI is InChI=1S/C29H36N2O4/c1-19-10-6-8-14-30(19)17-22-27(33)23(18-31-15-9-7-11-20(31)2)29-26(28(22)34)24(32)16-25(35-29)21-12-4-3-5-13-21/h3-5,12-13,16,19-20,33-34H,6-11,14-15,17-18H2,1-2H3/t19-,20-/m1/s1. The number of nitrogens with zero attached hydrogens (tertiary/aromatic N) is 2. The van der Waals surface area contributed by atoms with Crippen molar-refractivity contribution in [1.29, 1.82) is 0 Å². The van der Waals surface area contributed by atoms with Gasteiger partial charge in [0.1, 0.15) is 22.6 Å². The number of hydrogen-bond donors (Lipinski definition) is 2. The van der Waals surface area contributed by atoms with Crippen LogP contribution in [0.4, 0.5) is 0 Å². The Bertz CT molecular complexity index is 1250. The monoisotopic (exact) mass is 476 g/mol. The first-order valence-electron chi connectivity index (χ1n) is 13.0. The average Bonchev–Trinajstić information content (AvgIpc) is 2.86. The molecule has 1 aromatic heterocycles. The van der Waals surface area contributed by atoms with Crippen LogP contribution in [-0.4, -0.2) is 45.2 Å². The van der Waals surface area contributed by atoms with E-state index in [0.717, 1.165) is 44.3 Å². The third-order valence-corrected chi connectivity index (χ3v) is 7.98. The Morgan fingerprint density at radius 3 is 2.06 bits per heavy atom. The average molecular weight is 477 g/mol. The van der Waals surface area contributed by atoms with E-state index in [2.05, 4.69) is 23.6 Å². The molecule has 3 aromatic rings. The Kier molecular flexibility index (Phi) is 6.85. The molecule has 2 aliphatic rings. The molecule has 2 aromatic carbocycles. The summed E-state index contributed by atoms with van der Waals surface area (Å²) < 4.78 is 6.30. The lowest BCUT2D eigenvalue weighted by Gasteiger charge is -2.35. The third kappa shape index (κ3) is 4.69. The van der Waals surface area contributed by atoms with Gasteiger partial charge in [0.15, 0.2) is 11.0 Å². The quantitative estimate of drug-likeness (QED) is 0.498. The van der Waals surface area contributed by atoms with Crippen LogP contribution in [0.3, 0.4) is 0 Å². The molecule has 0 radical (unpaired) electrons. The molecule has 2 saturated heterocycles. The Labute approximate surface area is 206 Å². The molecule has 6 nitrogen and oxygen atoms in total. The first kappa shape index (κ1) is 23.9. The summed E-state index contributed by atoms with van der Waals surface area (Å²) in [6, 6.07) is 11.7. The fourth-order valence-electron chi connectivity index (χ4n) is 5.72. The van der Waals surface area contributed by atoms with Crippen molar-refractivity contribution in [3.05, 3.63) is 57.7 Å². The number of likely N-dealkylation sites (tertiary alicyclic amines) is 2. The molecule has 0 saturated carbocycles. The van der Waals surface area contributed by atoms with Crippen LogP contribution in [0, 0.1) is 0 Å². The number of fused-ring (bicyclic) bond motifs is 1. The summed E-state index contributed by atoms with van der Waals surface area (Å²) in [6.45, 7) is 7.14.